The fourth-order valence-electron chi connectivity index (χ4n) is 5.21. The summed E-state index contributed by atoms with van der Waals surface area (Å²) in [5, 5.41) is 12.0. The van der Waals surface area contributed by atoms with Crippen molar-refractivity contribution in [3.63, 3.8) is 0 Å². The van der Waals surface area contributed by atoms with Crippen molar-refractivity contribution in [1.29, 1.82) is 0 Å². The van der Waals surface area contributed by atoms with Gasteiger partial charge >= 0.3 is 4.87 Å². The average molecular weight is 683 g/mol. The highest BCUT2D eigenvalue weighted by molar-refractivity contribution is 9.10. The summed E-state index contributed by atoms with van der Waals surface area (Å²) in [6.45, 7) is 1.82. The lowest BCUT2D eigenvalue weighted by Gasteiger charge is -2.30. The number of hydrogen-bond donors (Lipinski definition) is 3. The van der Waals surface area contributed by atoms with E-state index in [-0.39, 0.29) is 29.0 Å². The van der Waals surface area contributed by atoms with Gasteiger partial charge in [-0.1, -0.05) is 45.1 Å². The Morgan fingerprint density at radius 3 is 2.47 bits per heavy atom. The van der Waals surface area contributed by atoms with Crippen LogP contribution >= 0.6 is 39.0 Å². The molecular weight excluding hydrogens is 658 g/mol. The Hall–Kier alpha value is -4.07. The first kappa shape index (κ1) is 29.0. The number of phenolic OH excluding ortho intramolecular Hbond substituents is 1. The molecule has 0 radical (unpaired) electrons. The van der Waals surface area contributed by atoms with E-state index in [2.05, 4.69) is 26.2 Å². The van der Waals surface area contributed by atoms with Gasteiger partial charge in [0, 0.05) is 21.0 Å². The monoisotopic (exact) mass is 681 g/mol. The number of thioether (sulfide) groups is 1. The molecule has 2 aliphatic heterocycles. The second kappa shape index (κ2) is 11.9. The standard InChI is InChI=1S/C30H24BrN3O7S2/c1-2-40-21-13-15(3-12-20(21)41-14-22(36)32-17-6-10-19(35)11-7-17)23-24-26(42-27-25(23)43-30(39)33-27)29(38)34(28(24)37)18-8-4-16(31)5-9-18/h3-13,23-24,26,35H,2,14H2,1H3,(H,32,36)(H,33,39). The molecule has 0 saturated carbocycles. The molecule has 0 spiro atoms. The number of aromatic hydroxyl groups is 1. The number of nitrogens with zero attached hydrogens (tertiary/aromatic N) is 1. The number of carbonyl (C=O) groups is 3. The molecule has 1 saturated heterocycles. The predicted molar refractivity (Wildman–Crippen MR) is 166 cm³/mol. The van der Waals surface area contributed by atoms with E-state index in [1.54, 1.807) is 54.6 Å². The number of H-pyrrole nitrogens is 1. The van der Waals surface area contributed by atoms with Crippen molar-refractivity contribution < 1.29 is 29.0 Å². The molecule has 13 heteroatoms. The van der Waals surface area contributed by atoms with Gasteiger partial charge in [0.05, 0.1) is 23.2 Å². The number of amides is 3. The number of anilines is 2. The maximum atomic E-state index is 13.9. The lowest BCUT2D eigenvalue weighted by Crippen LogP contribution is -2.32. The number of halogens is 1. The van der Waals surface area contributed by atoms with Gasteiger partial charge in [-0.3, -0.25) is 19.2 Å². The van der Waals surface area contributed by atoms with Crippen LogP contribution in [0.4, 0.5) is 11.4 Å². The molecule has 3 aromatic carbocycles. The van der Waals surface area contributed by atoms with Crippen LogP contribution in [-0.2, 0) is 14.4 Å². The maximum absolute atomic E-state index is 13.9. The normalized spacial score (nSPS) is 19.1. The number of carbonyl (C=O) groups excluding carboxylic acids is 3. The fraction of sp³-hybridized carbons (Fsp3) is 0.200. The molecule has 10 nitrogen and oxygen atoms in total. The van der Waals surface area contributed by atoms with Gasteiger partial charge in [0.1, 0.15) is 11.0 Å². The second-order valence-electron chi connectivity index (χ2n) is 9.76. The summed E-state index contributed by atoms with van der Waals surface area (Å²) in [5.41, 5.74) is 1.66. The van der Waals surface area contributed by atoms with E-state index in [1.165, 1.54) is 28.8 Å². The van der Waals surface area contributed by atoms with Crippen molar-refractivity contribution >= 4 is 68.1 Å². The Bertz CT molecular complexity index is 1770. The Morgan fingerprint density at radius 2 is 1.74 bits per heavy atom. The topological polar surface area (TPSA) is 138 Å². The van der Waals surface area contributed by atoms with Crippen molar-refractivity contribution in [2.24, 2.45) is 5.92 Å². The highest BCUT2D eigenvalue weighted by atomic mass is 79.9. The summed E-state index contributed by atoms with van der Waals surface area (Å²) in [6, 6.07) is 18.2. The summed E-state index contributed by atoms with van der Waals surface area (Å²) in [6.07, 6.45) is 0. The van der Waals surface area contributed by atoms with Crippen molar-refractivity contribution in [3.8, 4) is 17.2 Å². The van der Waals surface area contributed by atoms with Gasteiger partial charge in [-0.25, -0.2) is 4.90 Å². The molecule has 1 aromatic heterocycles. The molecule has 0 bridgehead atoms. The third-order valence-corrected chi connectivity index (χ3v) is 9.98. The molecule has 3 heterocycles. The van der Waals surface area contributed by atoms with Gasteiger partial charge in [-0.2, -0.15) is 0 Å². The van der Waals surface area contributed by atoms with Crippen LogP contribution < -0.4 is 24.6 Å². The zero-order valence-electron chi connectivity index (χ0n) is 22.5. The summed E-state index contributed by atoms with van der Waals surface area (Å²) in [4.78, 5) is 57.0. The van der Waals surface area contributed by atoms with Crippen LogP contribution in [0.1, 0.15) is 23.3 Å². The first-order chi connectivity index (χ1) is 20.7. The summed E-state index contributed by atoms with van der Waals surface area (Å²) >= 11 is 5.62. The minimum atomic E-state index is -0.752. The Labute approximate surface area is 262 Å². The molecule has 3 unspecified atom stereocenters. The number of fused-ring (bicyclic) bond motifs is 2. The van der Waals surface area contributed by atoms with Crippen molar-refractivity contribution in [2.45, 2.75) is 23.1 Å². The van der Waals surface area contributed by atoms with Crippen LogP contribution in [0.2, 0.25) is 0 Å². The number of phenols is 1. The van der Waals surface area contributed by atoms with Crippen LogP contribution in [0.15, 0.2) is 81.0 Å². The molecule has 1 fully saturated rings. The van der Waals surface area contributed by atoms with Crippen LogP contribution in [0, 0.1) is 5.92 Å². The van der Waals surface area contributed by atoms with Crippen LogP contribution in [0.3, 0.4) is 0 Å². The van der Waals surface area contributed by atoms with E-state index in [9.17, 15) is 24.3 Å². The molecule has 4 aromatic rings. The van der Waals surface area contributed by atoms with Gasteiger partial charge in [0.25, 0.3) is 5.91 Å². The molecule has 3 N–H and O–H groups in total. The number of thiazole rings is 1. The lowest BCUT2D eigenvalue weighted by molar-refractivity contribution is -0.122. The summed E-state index contributed by atoms with van der Waals surface area (Å²) in [7, 11) is 0. The quantitative estimate of drug-likeness (QED) is 0.172. The third kappa shape index (κ3) is 5.67. The number of imide groups is 1. The molecule has 0 aliphatic carbocycles. The number of aromatic amines is 1. The lowest BCUT2D eigenvalue weighted by atomic mass is 9.83. The first-order valence-electron chi connectivity index (χ1n) is 13.2. The number of benzene rings is 3. The van der Waals surface area contributed by atoms with Gasteiger partial charge in [-0.15, -0.1) is 0 Å². The molecule has 3 amide bonds. The van der Waals surface area contributed by atoms with E-state index in [0.29, 0.717) is 44.9 Å². The van der Waals surface area contributed by atoms with E-state index >= 15 is 0 Å². The largest absolute Gasteiger partial charge is 0.508 e. The van der Waals surface area contributed by atoms with Gasteiger partial charge in [0.15, 0.2) is 18.1 Å². The van der Waals surface area contributed by atoms with Gasteiger partial charge < -0.3 is 24.9 Å². The fourth-order valence-corrected chi connectivity index (χ4v) is 7.99. The zero-order valence-corrected chi connectivity index (χ0v) is 25.8. The third-order valence-electron chi connectivity index (χ3n) is 7.05. The first-order valence-corrected chi connectivity index (χ1v) is 15.7. The highest BCUT2D eigenvalue weighted by Crippen LogP contribution is 2.53. The number of nitrogens with one attached hydrogen (secondary N) is 2. The molecule has 6 rings (SSSR count). The number of ether oxygens (including phenoxy) is 2. The van der Waals surface area contributed by atoms with Crippen molar-refractivity contribution in [3.05, 3.63) is 91.3 Å². The number of aromatic nitrogens is 1. The minimum Gasteiger partial charge on any atom is -0.508 e. The molecular formula is C30H24BrN3O7S2. The van der Waals surface area contributed by atoms with Gasteiger partial charge in [-0.05, 0) is 73.2 Å². The average Bonchev–Trinajstić information content (AvgIpc) is 3.48. The molecule has 43 heavy (non-hydrogen) atoms. The molecule has 220 valence electrons. The predicted octanol–water partition coefficient (Wildman–Crippen LogP) is 5.12. The Kier molecular flexibility index (Phi) is 8.03. The second-order valence-corrected chi connectivity index (χ2v) is 12.8. The zero-order chi connectivity index (χ0) is 30.2. The number of rotatable bonds is 8. The smallest absolute Gasteiger partial charge is 0.305 e. The van der Waals surface area contributed by atoms with Crippen molar-refractivity contribution in [1.82, 2.24) is 4.98 Å². The minimum absolute atomic E-state index is 0.0855. The summed E-state index contributed by atoms with van der Waals surface area (Å²) < 4.78 is 12.5. The van der Waals surface area contributed by atoms with Crippen molar-refractivity contribution in [2.75, 3.05) is 23.4 Å². The SMILES string of the molecule is CCOc1cc(C2c3sc(=O)[nH]c3SC3C(=O)N(c4ccc(Br)cc4)C(=O)C32)ccc1OCC(=O)Nc1ccc(O)cc1. The van der Waals surface area contributed by atoms with E-state index in [1.807, 2.05) is 6.92 Å². The molecule has 3 atom stereocenters. The summed E-state index contributed by atoms with van der Waals surface area (Å²) in [5.74, 6) is -1.67. The van der Waals surface area contributed by atoms with E-state index in [4.69, 9.17) is 9.47 Å². The van der Waals surface area contributed by atoms with Gasteiger partial charge in [0.2, 0.25) is 11.8 Å². The van der Waals surface area contributed by atoms with Crippen LogP contribution in [0.25, 0.3) is 0 Å². The Morgan fingerprint density at radius 1 is 1.00 bits per heavy atom. The van der Waals surface area contributed by atoms with Crippen LogP contribution in [-0.4, -0.2) is 46.3 Å². The Balaban J connectivity index is 1.31. The van der Waals surface area contributed by atoms with Crippen LogP contribution in [0.5, 0.6) is 17.2 Å². The number of hydrogen-bond acceptors (Lipinski definition) is 9. The highest BCUT2D eigenvalue weighted by Gasteiger charge is 2.56. The maximum Gasteiger partial charge on any atom is 0.305 e. The van der Waals surface area contributed by atoms with E-state index < -0.39 is 23.0 Å². The van der Waals surface area contributed by atoms with E-state index in [0.717, 1.165) is 15.8 Å². The molecule has 2 aliphatic rings.